The fourth-order valence-electron chi connectivity index (χ4n) is 1.27. The highest BCUT2D eigenvalue weighted by Crippen LogP contribution is 2.26. The molecule has 1 aromatic rings. The van der Waals surface area contributed by atoms with Crippen LogP contribution in [0.4, 0.5) is 0 Å². The van der Waals surface area contributed by atoms with Gasteiger partial charge in [-0.15, -0.1) is 11.8 Å². The quantitative estimate of drug-likeness (QED) is 0.590. The zero-order chi connectivity index (χ0) is 9.68. The molecule has 0 aromatic heterocycles. The lowest BCUT2D eigenvalue weighted by atomic mass is 10.2. The molecule has 0 aliphatic heterocycles. The molecule has 13 heavy (non-hydrogen) atoms. The fourth-order valence-corrected chi connectivity index (χ4v) is 2.33. The first kappa shape index (κ1) is 10.6. The van der Waals surface area contributed by atoms with Gasteiger partial charge in [-0.05, 0) is 31.4 Å². The number of hydrogen-bond acceptors (Lipinski definition) is 2. The Balaban J connectivity index is 2.64. The molecule has 72 valence electrons. The summed E-state index contributed by atoms with van der Waals surface area (Å²) >= 11 is 1.84. The van der Waals surface area contributed by atoms with Gasteiger partial charge in [-0.25, -0.2) is 0 Å². The smallest absolute Gasteiger partial charge is 0.0439 e. The van der Waals surface area contributed by atoms with E-state index in [0.29, 0.717) is 0 Å². The molecule has 1 N–H and O–H groups in total. The third kappa shape index (κ3) is 3.05. The molecule has 0 heterocycles. The van der Waals surface area contributed by atoms with Gasteiger partial charge in [0, 0.05) is 17.3 Å². The second-order valence-electron chi connectivity index (χ2n) is 3.15. The number of aliphatic hydroxyl groups excluding tert-OH is 1. The molecule has 0 spiro atoms. The standard InChI is InChI=1S/C11H16OS/c1-9-5-3-6-10(2)11(9)13-8-4-7-12/h3,5-6,12H,4,7-8H2,1-2H3. The fraction of sp³-hybridized carbons (Fsp3) is 0.455. The van der Waals surface area contributed by atoms with Crippen LogP contribution in [0.5, 0.6) is 0 Å². The number of rotatable bonds is 4. The molecule has 0 fully saturated rings. The molecule has 0 unspecified atom stereocenters. The highest BCUT2D eigenvalue weighted by molar-refractivity contribution is 7.99. The summed E-state index contributed by atoms with van der Waals surface area (Å²) in [5.41, 5.74) is 2.67. The normalized spacial score (nSPS) is 10.4. The molecule has 2 heteroatoms. The summed E-state index contributed by atoms with van der Waals surface area (Å²) in [5.74, 6) is 1.00. The second kappa shape index (κ2) is 5.30. The van der Waals surface area contributed by atoms with Crippen molar-refractivity contribution in [3.8, 4) is 0 Å². The number of aryl methyl sites for hydroxylation is 2. The topological polar surface area (TPSA) is 20.2 Å². The molecule has 0 aliphatic rings. The van der Waals surface area contributed by atoms with E-state index in [1.165, 1.54) is 16.0 Å². The van der Waals surface area contributed by atoms with Gasteiger partial charge in [-0.3, -0.25) is 0 Å². The molecule has 0 atom stereocenters. The van der Waals surface area contributed by atoms with E-state index in [9.17, 15) is 0 Å². The molecule has 0 aliphatic carbocycles. The van der Waals surface area contributed by atoms with Gasteiger partial charge in [0.15, 0.2) is 0 Å². The Labute approximate surface area is 84.2 Å². The lowest BCUT2D eigenvalue weighted by Gasteiger charge is -2.07. The first-order valence-corrected chi connectivity index (χ1v) is 5.54. The highest BCUT2D eigenvalue weighted by atomic mass is 32.2. The molecule has 1 aromatic carbocycles. The minimum atomic E-state index is 0.290. The summed E-state index contributed by atoms with van der Waals surface area (Å²) in [5, 5.41) is 8.67. The number of thioether (sulfide) groups is 1. The van der Waals surface area contributed by atoms with Crippen molar-refractivity contribution in [3.05, 3.63) is 29.3 Å². The predicted octanol–water partition coefficient (Wildman–Crippen LogP) is 2.78. The average molecular weight is 196 g/mol. The summed E-state index contributed by atoms with van der Waals surface area (Å²) in [6.07, 6.45) is 0.873. The maximum absolute atomic E-state index is 8.67. The molecule has 0 amide bonds. The molecule has 0 bridgehead atoms. The average Bonchev–Trinajstić information content (AvgIpc) is 2.10. The van der Waals surface area contributed by atoms with Crippen LogP contribution >= 0.6 is 11.8 Å². The third-order valence-corrected chi connectivity index (χ3v) is 3.38. The van der Waals surface area contributed by atoms with Gasteiger partial charge in [-0.2, -0.15) is 0 Å². The second-order valence-corrected chi connectivity index (χ2v) is 4.25. The zero-order valence-electron chi connectivity index (χ0n) is 8.21. The summed E-state index contributed by atoms with van der Waals surface area (Å²) < 4.78 is 0. The summed E-state index contributed by atoms with van der Waals surface area (Å²) in [6, 6.07) is 6.35. The SMILES string of the molecule is Cc1cccc(C)c1SCCCO. The van der Waals surface area contributed by atoms with Crippen LogP contribution in [0.1, 0.15) is 17.5 Å². The molecule has 0 saturated heterocycles. The molecule has 0 radical (unpaired) electrons. The van der Waals surface area contributed by atoms with Gasteiger partial charge >= 0.3 is 0 Å². The number of aliphatic hydroxyl groups is 1. The summed E-state index contributed by atoms with van der Waals surface area (Å²) in [7, 11) is 0. The van der Waals surface area contributed by atoms with E-state index in [1.54, 1.807) is 0 Å². The van der Waals surface area contributed by atoms with Gasteiger partial charge < -0.3 is 5.11 Å². The van der Waals surface area contributed by atoms with Crippen molar-refractivity contribution in [1.29, 1.82) is 0 Å². The van der Waals surface area contributed by atoms with E-state index < -0.39 is 0 Å². The van der Waals surface area contributed by atoms with Crippen LogP contribution in [-0.2, 0) is 0 Å². The Hall–Kier alpha value is -0.470. The Bertz CT molecular complexity index is 251. The van der Waals surface area contributed by atoms with Gasteiger partial charge in [-0.1, -0.05) is 18.2 Å². The maximum Gasteiger partial charge on any atom is 0.0439 e. The van der Waals surface area contributed by atoms with Crippen molar-refractivity contribution < 1.29 is 5.11 Å². The first-order chi connectivity index (χ1) is 6.25. The zero-order valence-corrected chi connectivity index (χ0v) is 9.03. The van der Waals surface area contributed by atoms with Gasteiger partial charge in [0.2, 0.25) is 0 Å². The number of benzene rings is 1. The molecular formula is C11H16OS. The third-order valence-electron chi connectivity index (χ3n) is 1.96. The molecule has 1 nitrogen and oxygen atoms in total. The Morgan fingerprint density at radius 3 is 2.38 bits per heavy atom. The maximum atomic E-state index is 8.67. The Kier molecular flexibility index (Phi) is 4.33. The van der Waals surface area contributed by atoms with Crippen molar-refractivity contribution in [3.63, 3.8) is 0 Å². The predicted molar refractivity (Wildman–Crippen MR) is 58.3 cm³/mol. The largest absolute Gasteiger partial charge is 0.396 e. The van der Waals surface area contributed by atoms with E-state index >= 15 is 0 Å². The molecule has 0 saturated carbocycles. The van der Waals surface area contributed by atoms with Crippen molar-refractivity contribution in [2.75, 3.05) is 12.4 Å². The van der Waals surface area contributed by atoms with Gasteiger partial charge in [0.25, 0.3) is 0 Å². The van der Waals surface area contributed by atoms with E-state index in [2.05, 4.69) is 32.0 Å². The minimum Gasteiger partial charge on any atom is -0.396 e. The van der Waals surface area contributed by atoms with Crippen molar-refractivity contribution in [1.82, 2.24) is 0 Å². The van der Waals surface area contributed by atoms with Gasteiger partial charge in [0.1, 0.15) is 0 Å². The summed E-state index contributed by atoms with van der Waals surface area (Å²) in [4.78, 5) is 1.37. The Morgan fingerprint density at radius 2 is 1.85 bits per heavy atom. The van der Waals surface area contributed by atoms with E-state index in [-0.39, 0.29) is 6.61 Å². The van der Waals surface area contributed by atoms with E-state index in [0.717, 1.165) is 12.2 Å². The lowest BCUT2D eigenvalue weighted by Crippen LogP contribution is -1.89. The highest BCUT2D eigenvalue weighted by Gasteiger charge is 2.01. The van der Waals surface area contributed by atoms with Crippen molar-refractivity contribution >= 4 is 11.8 Å². The lowest BCUT2D eigenvalue weighted by molar-refractivity contribution is 0.296. The van der Waals surface area contributed by atoms with Crippen LogP contribution in [0.2, 0.25) is 0 Å². The van der Waals surface area contributed by atoms with Crippen molar-refractivity contribution in [2.24, 2.45) is 0 Å². The van der Waals surface area contributed by atoms with Crippen LogP contribution in [0.25, 0.3) is 0 Å². The van der Waals surface area contributed by atoms with Crippen LogP contribution in [0.15, 0.2) is 23.1 Å². The van der Waals surface area contributed by atoms with Crippen LogP contribution in [0, 0.1) is 13.8 Å². The summed E-state index contributed by atoms with van der Waals surface area (Å²) in [6.45, 7) is 4.56. The van der Waals surface area contributed by atoms with Crippen molar-refractivity contribution in [2.45, 2.75) is 25.2 Å². The Morgan fingerprint density at radius 1 is 1.23 bits per heavy atom. The van der Waals surface area contributed by atoms with Gasteiger partial charge in [0.05, 0.1) is 0 Å². The van der Waals surface area contributed by atoms with Crippen LogP contribution in [-0.4, -0.2) is 17.5 Å². The van der Waals surface area contributed by atoms with Crippen LogP contribution in [0.3, 0.4) is 0 Å². The molecular weight excluding hydrogens is 180 g/mol. The minimum absolute atomic E-state index is 0.290. The number of hydrogen-bond donors (Lipinski definition) is 1. The van der Waals surface area contributed by atoms with E-state index in [1.807, 2.05) is 11.8 Å². The molecule has 1 rings (SSSR count). The van der Waals surface area contributed by atoms with E-state index in [4.69, 9.17) is 5.11 Å². The first-order valence-electron chi connectivity index (χ1n) is 4.55. The monoisotopic (exact) mass is 196 g/mol. The van der Waals surface area contributed by atoms with Crippen LogP contribution < -0.4 is 0 Å².